The SMILES string of the molecule is N#Cc1ccc(N2CCCN(C(=O)c3ccc(S(=O)(=O)N4CCCC4)cc3)CC2)cc1. The summed E-state index contributed by atoms with van der Waals surface area (Å²) >= 11 is 0. The molecule has 2 heterocycles. The first-order valence-corrected chi connectivity index (χ1v) is 12.1. The van der Waals surface area contributed by atoms with Gasteiger partial charge in [0.2, 0.25) is 10.0 Å². The van der Waals surface area contributed by atoms with Crippen molar-refractivity contribution < 1.29 is 13.2 Å². The molecule has 0 aromatic heterocycles. The van der Waals surface area contributed by atoms with Crippen LogP contribution < -0.4 is 4.90 Å². The number of anilines is 1. The van der Waals surface area contributed by atoms with Crippen LogP contribution in [0.5, 0.6) is 0 Å². The van der Waals surface area contributed by atoms with E-state index in [1.165, 1.54) is 4.31 Å². The highest BCUT2D eigenvalue weighted by atomic mass is 32.2. The van der Waals surface area contributed by atoms with Crippen LogP contribution in [0.1, 0.15) is 35.2 Å². The number of hydrogen-bond donors (Lipinski definition) is 0. The molecular formula is C23H26N4O3S. The monoisotopic (exact) mass is 438 g/mol. The quantitative estimate of drug-likeness (QED) is 0.733. The van der Waals surface area contributed by atoms with E-state index in [-0.39, 0.29) is 10.8 Å². The molecule has 0 spiro atoms. The van der Waals surface area contributed by atoms with Crippen LogP contribution in [0.3, 0.4) is 0 Å². The van der Waals surface area contributed by atoms with Gasteiger partial charge in [0.25, 0.3) is 5.91 Å². The summed E-state index contributed by atoms with van der Waals surface area (Å²) in [7, 11) is -3.47. The van der Waals surface area contributed by atoms with E-state index in [0.29, 0.717) is 43.9 Å². The highest BCUT2D eigenvalue weighted by Gasteiger charge is 2.27. The lowest BCUT2D eigenvalue weighted by Gasteiger charge is -2.24. The molecule has 4 rings (SSSR count). The minimum absolute atomic E-state index is 0.0770. The molecule has 2 aliphatic heterocycles. The number of carbonyl (C=O) groups is 1. The van der Waals surface area contributed by atoms with Crippen LogP contribution in [0.25, 0.3) is 0 Å². The first kappa shape index (κ1) is 21.3. The maximum Gasteiger partial charge on any atom is 0.253 e. The smallest absolute Gasteiger partial charge is 0.253 e. The van der Waals surface area contributed by atoms with E-state index in [4.69, 9.17) is 5.26 Å². The second-order valence-corrected chi connectivity index (χ2v) is 9.86. The van der Waals surface area contributed by atoms with Crippen LogP contribution >= 0.6 is 0 Å². The van der Waals surface area contributed by atoms with Gasteiger partial charge in [0.1, 0.15) is 0 Å². The largest absolute Gasteiger partial charge is 0.370 e. The van der Waals surface area contributed by atoms with E-state index in [9.17, 15) is 13.2 Å². The molecule has 2 fully saturated rings. The van der Waals surface area contributed by atoms with Gasteiger partial charge in [0, 0.05) is 50.5 Å². The Balaban J connectivity index is 1.41. The van der Waals surface area contributed by atoms with Gasteiger partial charge in [-0.2, -0.15) is 9.57 Å². The van der Waals surface area contributed by atoms with Crippen LogP contribution in [0, 0.1) is 11.3 Å². The van der Waals surface area contributed by atoms with Gasteiger partial charge in [-0.1, -0.05) is 0 Å². The summed E-state index contributed by atoms with van der Waals surface area (Å²) < 4.78 is 26.9. The lowest BCUT2D eigenvalue weighted by Crippen LogP contribution is -2.35. The van der Waals surface area contributed by atoms with Gasteiger partial charge in [-0.25, -0.2) is 8.42 Å². The molecular weight excluding hydrogens is 412 g/mol. The predicted molar refractivity (Wildman–Crippen MR) is 118 cm³/mol. The second kappa shape index (κ2) is 9.08. The third-order valence-electron chi connectivity index (χ3n) is 5.95. The zero-order chi connectivity index (χ0) is 21.8. The number of rotatable bonds is 4. The van der Waals surface area contributed by atoms with Gasteiger partial charge in [0.15, 0.2) is 0 Å². The van der Waals surface area contributed by atoms with Crippen LogP contribution in [-0.2, 0) is 10.0 Å². The molecule has 0 aliphatic carbocycles. The molecule has 8 heteroatoms. The topological polar surface area (TPSA) is 84.7 Å². The fraction of sp³-hybridized carbons (Fsp3) is 0.391. The summed E-state index contributed by atoms with van der Waals surface area (Å²) in [5, 5.41) is 8.96. The van der Waals surface area contributed by atoms with Crippen molar-refractivity contribution in [3.63, 3.8) is 0 Å². The third-order valence-corrected chi connectivity index (χ3v) is 7.86. The number of amides is 1. The van der Waals surface area contributed by atoms with E-state index in [1.807, 2.05) is 17.0 Å². The fourth-order valence-electron chi connectivity index (χ4n) is 4.16. The zero-order valence-electron chi connectivity index (χ0n) is 17.4. The van der Waals surface area contributed by atoms with Gasteiger partial charge >= 0.3 is 0 Å². The van der Waals surface area contributed by atoms with Gasteiger partial charge in [-0.05, 0) is 67.8 Å². The van der Waals surface area contributed by atoms with Gasteiger partial charge < -0.3 is 9.80 Å². The average molecular weight is 439 g/mol. The first-order chi connectivity index (χ1) is 15.0. The molecule has 0 N–H and O–H groups in total. The molecule has 2 aromatic rings. The Morgan fingerprint density at radius 2 is 1.48 bits per heavy atom. The van der Waals surface area contributed by atoms with Crippen LogP contribution in [0.2, 0.25) is 0 Å². The molecule has 162 valence electrons. The lowest BCUT2D eigenvalue weighted by molar-refractivity contribution is 0.0767. The van der Waals surface area contributed by atoms with Gasteiger partial charge in [0.05, 0.1) is 16.5 Å². The third kappa shape index (κ3) is 4.58. The molecule has 0 atom stereocenters. The molecule has 0 bridgehead atoms. The van der Waals surface area contributed by atoms with Crippen LogP contribution in [0.15, 0.2) is 53.4 Å². The summed E-state index contributed by atoms with van der Waals surface area (Å²) in [5.41, 5.74) is 2.18. The molecule has 31 heavy (non-hydrogen) atoms. The Kier molecular flexibility index (Phi) is 6.25. The van der Waals surface area contributed by atoms with E-state index < -0.39 is 10.0 Å². The van der Waals surface area contributed by atoms with Crippen molar-refractivity contribution in [2.75, 3.05) is 44.2 Å². The predicted octanol–water partition coefficient (Wildman–Crippen LogP) is 2.70. The molecule has 1 amide bonds. The van der Waals surface area contributed by atoms with Crippen molar-refractivity contribution in [2.45, 2.75) is 24.2 Å². The number of benzene rings is 2. The van der Waals surface area contributed by atoms with Gasteiger partial charge in [-0.15, -0.1) is 0 Å². The Morgan fingerprint density at radius 3 is 2.13 bits per heavy atom. The van der Waals surface area contributed by atoms with Crippen LogP contribution in [-0.4, -0.2) is 62.8 Å². The van der Waals surface area contributed by atoms with Crippen molar-refractivity contribution in [1.82, 2.24) is 9.21 Å². The van der Waals surface area contributed by atoms with E-state index in [2.05, 4.69) is 11.0 Å². The maximum atomic E-state index is 13.0. The Hall–Kier alpha value is -2.89. The van der Waals surface area contributed by atoms with Gasteiger partial charge in [-0.3, -0.25) is 4.79 Å². The van der Waals surface area contributed by atoms with E-state index in [0.717, 1.165) is 31.5 Å². The van der Waals surface area contributed by atoms with E-state index in [1.54, 1.807) is 36.4 Å². The molecule has 2 saturated heterocycles. The molecule has 2 aliphatic rings. The summed E-state index contributed by atoms with van der Waals surface area (Å²) in [4.78, 5) is 17.3. The van der Waals surface area contributed by atoms with E-state index >= 15 is 0 Å². The van der Waals surface area contributed by atoms with Crippen LogP contribution in [0.4, 0.5) is 5.69 Å². The van der Waals surface area contributed by atoms with Crippen molar-refractivity contribution >= 4 is 21.6 Å². The second-order valence-electron chi connectivity index (χ2n) is 7.93. The van der Waals surface area contributed by atoms with Crippen molar-refractivity contribution in [1.29, 1.82) is 5.26 Å². The molecule has 7 nitrogen and oxygen atoms in total. The Bertz CT molecular complexity index is 1070. The highest BCUT2D eigenvalue weighted by Crippen LogP contribution is 2.22. The summed E-state index contributed by atoms with van der Waals surface area (Å²) in [5.74, 6) is -0.0770. The molecule has 2 aromatic carbocycles. The highest BCUT2D eigenvalue weighted by molar-refractivity contribution is 7.89. The number of hydrogen-bond acceptors (Lipinski definition) is 5. The summed E-state index contributed by atoms with van der Waals surface area (Å²) in [6, 6.07) is 15.9. The number of carbonyl (C=O) groups excluding carboxylic acids is 1. The zero-order valence-corrected chi connectivity index (χ0v) is 18.2. The molecule has 0 radical (unpaired) electrons. The maximum absolute atomic E-state index is 13.0. The van der Waals surface area contributed by atoms with Crippen molar-refractivity contribution in [3.8, 4) is 6.07 Å². The first-order valence-electron chi connectivity index (χ1n) is 10.6. The molecule has 0 saturated carbocycles. The van der Waals surface area contributed by atoms with Crippen molar-refractivity contribution in [3.05, 3.63) is 59.7 Å². The fourth-order valence-corrected chi connectivity index (χ4v) is 5.67. The summed E-state index contributed by atoms with van der Waals surface area (Å²) in [6.45, 7) is 3.91. The standard InChI is InChI=1S/C23H26N4O3S/c24-18-19-4-8-21(9-5-19)25-12-3-13-26(17-16-25)23(28)20-6-10-22(11-7-20)31(29,30)27-14-1-2-15-27/h4-11H,1-3,12-17H2. The number of sulfonamides is 1. The van der Waals surface area contributed by atoms with Crippen molar-refractivity contribution in [2.24, 2.45) is 0 Å². The number of nitrogens with zero attached hydrogens (tertiary/aromatic N) is 4. The summed E-state index contributed by atoms with van der Waals surface area (Å²) in [6.07, 6.45) is 2.63. The minimum atomic E-state index is -3.47. The average Bonchev–Trinajstić information content (AvgIpc) is 3.25. The Morgan fingerprint density at radius 1 is 0.806 bits per heavy atom. The molecule has 0 unspecified atom stereocenters. The normalized spacial score (nSPS) is 17.9. The Labute approximate surface area is 183 Å². The number of nitriles is 1. The minimum Gasteiger partial charge on any atom is -0.370 e. The lowest BCUT2D eigenvalue weighted by atomic mass is 10.2.